The smallest absolute Gasteiger partial charge is 0.282 e. The molecule has 0 aliphatic heterocycles. The lowest BCUT2D eigenvalue weighted by atomic mass is 10.1. The maximum Gasteiger partial charge on any atom is 0.282 e. The first-order chi connectivity index (χ1) is 14.9. The third-order valence-electron chi connectivity index (χ3n) is 5.25. The van der Waals surface area contributed by atoms with Gasteiger partial charge < -0.3 is 9.64 Å². The number of ether oxygens (including phenoxy) is 1. The van der Waals surface area contributed by atoms with E-state index in [4.69, 9.17) is 9.72 Å². The molecule has 0 aliphatic rings. The topological polar surface area (TPSA) is 88.8 Å². The Hall–Kier alpha value is -2.75. The number of aryl methyl sites for hydroxylation is 1. The second kappa shape index (κ2) is 11.2. The lowest BCUT2D eigenvalue weighted by Gasteiger charge is -2.24. The first kappa shape index (κ1) is 25.5. The predicted molar refractivity (Wildman–Crippen MR) is 131 cm³/mol. The molecule has 8 nitrogen and oxygen atoms in total. The molecule has 3 rings (SSSR count). The van der Waals surface area contributed by atoms with E-state index in [1.54, 1.807) is 24.1 Å². The summed E-state index contributed by atoms with van der Waals surface area (Å²) >= 11 is 1.39. The van der Waals surface area contributed by atoms with E-state index in [0.29, 0.717) is 29.5 Å². The first-order valence-electron chi connectivity index (χ1n) is 10.1. The molecule has 0 saturated heterocycles. The van der Waals surface area contributed by atoms with Crippen molar-refractivity contribution in [2.75, 3.05) is 38.2 Å². The number of nitrogens with zero attached hydrogens (tertiary/aromatic N) is 4. The molecule has 0 radical (unpaired) electrons. The summed E-state index contributed by atoms with van der Waals surface area (Å²) in [4.78, 5) is 32.9. The number of likely N-dealkylation sites (N-methyl/N-ethyl adjacent to an activating group) is 1. The molecule has 0 fully saturated rings. The van der Waals surface area contributed by atoms with Gasteiger partial charge in [-0.15, -0.1) is 12.4 Å². The van der Waals surface area contributed by atoms with Gasteiger partial charge in [-0.3, -0.25) is 19.8 Å². The number of nitro groups is 1. The van der Waals surface area contributed by atoms with E-state index in [9.17, 15) is 14.9 Å². The van der Waals surface area contributed by atoms with Crippen LogP contribution in [0.1, 0.15) is 29.8 Å². The van der Waals surface area contributed by atoms with Crippen LogP contribution >= 0.6 is 23.7 Å². The monoisotopic (exact) mass is 478 g/mol. The molecule has 0 bridgehead atoms. The number of anilines is 1. The molecule has 2 aromatic carbocycles. The molecule has 0 saturated carbocycles. The minimum Gasteiger partial charge on any atom is -0.494 e. The Balaban J connectivity index is 0.00000363. The molecular weight excluding hydrogens is 452 g/mol. The van der Waals surface area contributed by atoms with Crippen LogP contribution in [0.15, 0.2) is 36.4 Å². The van der Waals surface area contributed by atoms with Gasteiger partial charge in [-0.25, -0.2) is 4.98 Å². The molecule has 0 atom stereocenters. The van der Waals surface area contributed by atoms with Crippen LogP contribution in [0, 0.1) is 17.0 Å². The summed E-state index contributed by atoms with van der Waals surface area (Å²) in [6.07, 6.45) is 0. The zero-order chi connectivity index (χ0) is 22.5. The SMILES string of the molecule is CCN(CC)CCN(C(=O)c1ccccc1[N+](=O)[O-])c1nc2c(OC)ccc(C)c2s1.Cl. The van der Waals surface area contributed by atoms with Crippen LogP contribution in [0.25, 0.3) is 10.2 Å². The number of methoxy groups -OCH3 is 1. The summed E-state index contributed by atoms with van der Waals surface area (Å²) in [6, 6.07) is 9.83. The van der Waals surface area contributed by atoms with E-state index >= 15 is 0 Å². The first-order valence-corrected chi connectivity index (χ1v) is 10.9. The molecule has 0 N–H and O–H groups in total. The molecule has 172 valence electrons. The highest BCUT2D eigenvalue weighted by atomic mass is 35.5. The summed E-state index contributed by atoms with van der Waals surface area (Å²) in [5.74, 6) is 0.195. The minimum absolute atomic E-state index is 0. The van der Waals surface area contributed by atoms with E-state index in [2.05, 4.69) is 18.7 Å². The molecule has 1 heterocycles. The number of halogens is 1. The van der Waals surface area contributed by atoms with E-state index in [0.717, 1.165) is 23.4 Å². The zero-order valence-electron chi connectivity index (χ0n) is 18.5. The van der Waals surface area contributed by atoms with Gasteiger partial charge in [0.15, 0.2) is 5.13 Å². The van der Waals surface area contributed by atoms with Crippen molar-refractivity contribution in [1.82, 2.24) is 9.88 Å². The molecular formula is C22H27ClN4O4S. The van der Waals surface area contributed by atoms with Crippen molar-refractivity contribution in [3.05, 3.63) is 57.6 Å². The Kier molecular flexibility index (Phi) is 8.94. The van der Waals surface area contributed by atoms with Crippen LogP contribution < -0.4 is 9.64 Å². The number of amides is 1. The minimum atomic E-state index is -0.526. The Morgan fingerprint density at radius 3 is 2.47 bits per heavy atom. The second-order valence-electron chi connectivity index (χ2n) is 7.02. The molecule has 0 unspecified atom stereocenters. The molecule has 3 aromatic rings. The Bertz CT molecular complexity index is 1100. The van der Waals surface area contributed by atoms with Crippen molar-refractivity contribution in [3.8, 4) is 5.75 Å². The fourth-order valence-electron chi connectivity index (χ4n) is 3.40. The number of aromatic nitrogens is 1. The molecule has 32 heavy (non-hydrogen) atoms. The number of rotatable bonds is 9. The van der Waals surface area contributed by atoms with Crippen molar-refractivity contribution in [2.45, 2.75) is 20.8 Å². The van der Waals surface area contributed by atoms with Gasteiger partial charge >= 0.3 is 0 Å². The number of nitro benzene ring substituents is 1. The zero-order valence-corrected chi connectivity index (χ0v) is 20.2. The number of thiazole rings is 1. The third kappa shape index (κ3) is 5.17. The maximum atomic E-state index is 13.5. The van der Waals surface area contributed by atoms with Crippen molar-refractivity contribution in [2.24, 2.45) is 0 Å². The summed E-state index contributed by atoms with van der Waals surface area (Å²) in [6.45, 7) is 8.79. The average Bonchev–Trinajstić information content (AvgIpc) is 3.22. The Morgan fingerprint density at radius 2 is 1.84 bits per heavy atom. The third-order valence-corrected chi connectivity index (χ3v) is 6.47. The van der Waals surface area contributed by atoms with Crippen molar-refractivity contribution in [1.29, 1.82) is 0 Å². The fraction of sp³-hybridized carbons (Fsp3) is 0.364. The van der Waals surface area contributed by atoms with Crippen LogP contribution in [0.4, 0.5) is 10.8 Å². The van der Waals surface area contributed by atoms with E-state index < -0.39 is 10.8 Å². The predicted octanol–water partition coefficient (Wildman–Crippen LogP) is 4.93. The van der Waals surface area contributed by atoms with Gasteiger partial charge in [-0.2, -0.15) is 0 Å². The standard InChI is InChI=1S/C22H26N4O4S.ClH/c1-5-24(6-2)13-14-25(21(27)16-9-7-8-10-17(16)26(28)29)22-23-19-18(30-4)12-11-15(3)20(19)31-22;/h7-12H,5-6,13-14H2,1-4H3;1H. The van der Waals surface area contributed by atoms with Crippen LogP contribution in [-0.4, -0.2) is 54.0 Å². The number of hydrogen-bond acceptors (Lipinski definition) is 7. The Morgan fingerprint density at radius 1 is 1.16 bits per heavy atom. The highest BCUT2D eigenvalue weighted by Gasteiger charge is 2.28. The summed E-state index contributed by atoms with van der Waals surface area (Å²) in [5, 5.41) is 12.0. The number of benzene rings is 2. The molecule has 1 amide bonds. The number of para-hydroxylation sites is 1. The summed E-state index contributed by atoms with van der Waals surface area (Å²) < 4.78 is 6.38. The van der Waals surface area contributed by atoms with Gasteiger partial charge in [-0.1, -0.05) is 43.4 Å². The molecule has 1 aromatic heterocycles. The van der Waals surface area contributed by atoms with Gasteiger partial charge in [0.05, 0.1) is 16.7 Å². The van der Waals surface area contributed by atoms with E-state index in [1.165, 1.54) is 23.5 Å². The highest BCUT2D eigenvalue weighted by Crippen LogP contribution is 2.37. The van der Waals surface area contributed by atoms with Crippen LogP contribution in [-0.2, 0) is 0 Å². The molecule has 0 aliphatic carbocycles. The Labute approximate surface area is 197 Å². The van der Waals surface area contributed by atoms with Crippen molar-refractivity contribution in [3.63, 3.8) is 0 Å². The number of fused-ring (bicyclic) bond motifs is 1. The maximum absolute atomic E-state index is 13.5. The molecule has 0 spiro atoms. The van der Waals surface area contributed by atoms with Crippen LogP contribution in [0.5, 0.6) is 5.75 Å². The summed E-state index contributed by atoms with van der Waals surface area (Å²) in [5.41, 5.74) is 1.55. The van der Waals surface area contributed by atoms with E-state index in [-0.39, 0.29) is 23.7 Å². The van der Waals surface area contributed by atoms with Gasteiger partial charge in [0.25, 0.3) is 11.6 Å². The quantitative estimate of drug-likeness (QED) is 0.320. The number of hydrogen-bond donors (Lipinski definition) is 0. The van der Waals surface area contributed by atoms with E-state index in [1.807, 2.05) is 19.1 Å². The second-order valence-corrected chi connectivity index (χ2v) is 7.99. The normalized spacial score (nSPS) is 10.8. The number of carbonyl (C=O) groups is 1. The van der Waals surface area contributed by atoms with Gasteiger partial charge in [-0.05, 0) is 37.7 Å². The lowest BCUT2D eigenvalue weighted by Crippen LogP contribution is -2.39. The van der Waals surface area contributed by atoms with Crippen LogP contribution in [0.2, 0.25) is 0 Å². The van der Waals surface area contributed by atoms with Gasteiger partial charge in [0.2, 0.25) is 0 Å². The van der Waals surface area contributed by atoms with Gasteiger partial charge in [0, 0.05) is 19.2 Å². The summed E-state index contributed by atoms with van der Waals surface area (Å²) in [7, 11) is 1.58. The highest BCUT2D eigenvalue weighted by molar-refractivity contribution is 7.22. The largest absolute Gasteiger partial charge is 0.494 e. The lowest BCUT2D eigenvalue weighted by molar-refractivity contribution is -0.385. The van der Waals surface area contributed by atoms with Crippen molar-refractivity contribution >= 4 is 50.7 Å². The fourth-order valence-corrected chi connectivity index (χ4v) is 4.48. The van der Waals surface area contributed by atoms with Gasteiger partial charge in [0.1, 0.15) is 16.8 Å². The molecule has 10 heteroatoms. The average molecular weight is 479 g/mol. The number of carbonyl (C=O) groups excluding carboxylic acids is 1. The van der Waals surface area contributed by atoms with Crippen molar-refractivity contribution < 1.29 is 14.5 Å². The van der Waals surface area contributed by atoms with Crippen LogP contribution in [0.3, 0.4) is 0 Å².